The quantitative estimate of drug-likeness (QED) is 0.805. The number of aryl methyl sites for hydroxylation is 1. The molecule has 0 spiro atoms. The van der Waals surface area contributed by atoms with Crippen LogP contribution >= 0.6 is 22.9 Å². The molecule has 3 nitrogen and oxygen atoms in total. The van der Waals surface area contributed by atoms with Gasteiger partial charge in [0.05, 0.1) is 12.3 Å². The second-order valence-electron chi connectivity index (χ2n) is 3.94. The summed E-state index contributed by atoms with van der Waals surface area (Å²) in [4.78, 5) is 5.22. The van der Waals surface area contributed by atoms with Crippen molar-refractivity contribution in [1.29, 1.82) is 0 Å². The Bertz CT molecular complexity index is 568. The van der Waals surface area contributed by atoms with Crippen molar-refractivity contribution in [3.05, 3.63) is 44.4 Å². The molecule has 0 bridgehead atoms. The lowest BCUT2D eigenvalue weighted by atomic mass is 10.1. The fraction of sp³-hybridized carbons (Fsp3) is 0.250. The number of aromatic nitrogens is 1. The Morgan fingerprint density at radius 3 is 3.12 bits per heavy atom. The summed E-state index contributed by atoms with van der Waals surface area (Å²) < 4.78 is 5.71. The van der Waals surface area contributed by atoms with E-state index in [2.05, 4.69) is 4.98 Å². The minimum atomic E-state index is -0.198. The van der Waals surface area contributed by atoms with E-state index in [-0.39, 0.29) is 11.9 Å². The molecule has 0 saturated heterocycles. The molecular formula is C12H10ClNO2S. The van der Waals surface area contributed by atoms with Crippen LogP contribution in [0.1, 0.15) is 27.8 Å². The molecule has 0 saturated carbocycles. The Balaban J connectivity index is 2.17. The van der Waals surface area contributed by atoms with Gasteiger partial charge in [-0.05, 0) is 18.4 Å². The number of thiophene rings is 1. The van der Waals surface area contributed by atoms with Gasteiger partial charge in [-0.3, -0.25) is 0 Å². The van der Waals surface area contributed by atoms with Gasteiger partial charge in [-0.1, -0.05) is 17.7 Å². The average molecular weight is 268 g/mol. The van der Waals surface area contributed by atoms with E-state index in [9.17, 15) is 5.11 Å². The standard InChI is InChI=1S/C12H10ClNO2S/c1-6-10(15)7-5-16-11(8-3-2-4-17-8)9(7)12(13)14-6/h2-4,11,15H,5H2,1H3. The summed E-state index contributed by atoms with van der Waals surface area (Å²) in [5, 5.41) is 12.4. The first-order chi connectivity index (χ1) is 8.18. The lowest BCUT2D eigenvalue weighted by molar-refractivity contribution is 0.0956. The highest BCUT2D eigenvalue weighted by Crippen LogP contribution is 2.44. The number of nitrogens with zero attached hydrogens (tertiary/aromatic N) is 1. The number of pyridine rings is 1. The van der Waals surface area contributed by atoms with Crippen molar-refractivity contribution in [2.45, 2.75) is 19.6 Å². The molecule has 0 amide bonds. The molecule has 0 fully saturated rings. The van der Waals surface area contributed by atoms with Crippen molar-refractivity contribution in [3.8, 4) is 5.75 Å². The van der Waals surface area contributed by atoms with E-state index in [1.165, 1.54) is 0 Å². The van der Waals surface area contributed by atoms with E-state index in [0.717, 1.165) is 16.0 Å². The SMILES string of the molecule is Cc1nc(Cl)c2c(c1O)COC2c1cccs1. The fourth-order valence-corrected chi connectivity index (χ4v) is 3.18. The first-order valence-corrected chi connectivity index (χ1v) is 6.47. The summed E-state index contributed by atoms with van der Waals surface area (Å²) in [6.45, 7) is 2.12. The second-order valence-corrected chi connectivity index (χ2v) is 5.27. The van der Waals surface area contributed by atoms with E-state index in [1.807, 2.05) is 17.5 Å². The van der Waals surface area contributed by atoms with Crippen LogP contribution < -0.4 is 0 Å². The Kier molecular flexibility index (Phi) is 2.58. The summed E-state index contributed by atoms with van der Waals surface area (Å²) in [6, 6.07) is 3.97. The maximum atomic E-state index is 9.96. The number of halogens is 1. The smallest absolute Gasteiger partial charge is 0.142 e. The third kappa shape index (κ3) is 1.64. The highest BCUT2D eigenvalue weighted by molar-refractivity contribution is 7.10. The zero-order valence-corrected chi connectivity index (χ0v) is 10.7. The number of rotatable bonds is 1. The third-order valence-corrected chi connectivity index (χ3v) is 4.10. The van der Waals surface area contributed by atoms with Gasteiger partial charge in [-0.2, -0.15) is 0 Å². The second kappa shape index (κ2) is 3.98. The van der Waals surface area contributed by atoms with E-state index in [1.54, 1.807) is 18.3 Å². The minimum Gasteiger partial charge on any atom is -0.506 e. The molecule has 2 aromatic rings. The van der Waals surface area contributed by atoms with Gasteiger partial charge >= 0.3 is 0 Å². The molecule has 5 heteroatoms. The van der Waals surface area contributed by atoms with Crippen molar-refractivity contribution >= 4 is 22.9 Å². The topological polar surface area (TPSA) is 42.4 Å². The lowest BCUT2D eigenvalue weighted by Gasteiger charge is -2.11. The normalized spacial score (nSPS) is 18.4. The Hall–Kier alpha value is -1.10. The molecule has 17 heavy (non-hydrogen) atoms. The van der Waals surface area contributed by atoms with Gasteiger partial charge in [0.1, 0.15) is 17.0 Å². The number of fused-ring (bicyclic) bond motifs is 1. The summed E-state index contributed by atoms with van der Waals surface area (Å²) in [5.41, 5.74) is 2.11. The van der Waals surface area contributed by atoms with Crippen molar-refractivity contribution in [2.75, 3.05) is 0 Å². The number of hydrogen-bond donors (Lipinski definition) is 1. The molecule has 1 aliphatic heterocycles. The molecule has 3 rings (SSSR count). The Morgan fingerprint density at radius 1 is 1.59 bits per heavy atom. The van der Waals surface area contributed by atoms with Crippen LogP contribution in [0.15, 0.2) is 17.5 Å². The molecular weight excluding hydrogens is 258 g/mol. The maximum absolute atomic E-state index is 9.96. The molecule has 1 N–H and O–H groups in total. The molecule has 0 aliphatic carbocycles. The molecule has 0 radical (unpaired) electrons. The van der Waals surface area contributed by atoms with Crippen LogP contribution in [-0.4, -0.2) is 10.1 Å². The first-order valence-electron chi connectivity index (χ1n) is 5.21. The van der Waals surface area contributed by atoms with Crippen LogP contribution in [0.25, 0.3) is 0 Å². The van der Waals surface area contributed by atoms with Gasteiger partial charge in [0.25, 0.3) is 0 Å². The van der Waals surface area contributed by atoms with Gasteiger partial charge in [0, 0.05) is 16.0 Å². The number of aromatic hydroxyl groups is 1. The summed E-state index contributed by atoms with van der Waals surface area (Å²) in [7, 11) is 0. The van der Waals surface area contributed by atoms with Crippen LogP contribution in [0, 0.1) is 6.92 Å². The highest BCUT2D eigenvalue weighted by atomic mass is 35.5. The highest BCUT2D eigenvalue weighted by Gasteiger charge is 2.32. The Morgan fingerprint density at radius 2 is 2.41 bits per heavy atom. The molecule has 0 aromatic carbocycles. The maximum Gasteiger partial charge on any atom is 0.142 e. The van der Waals surface area contributed by atoms with E-state index >= 15 is 0 Å². The number of ether oxygens (including phenoxy) is 1. The zero-order valence-electron chi connectivity index (χ0n) is 9.11. The average Bonchev–Trinajstić information content (AvgIpc) is 2.94. The van der Waals surface area contributed by atoms with Crippen LogP contribution in [-0.2, 0) is 11.3 Å². The van der Waals surface area contributed by atoms with Crippen molar-refractivity contribution < 1.29 is 9.84 Å². The predicted molar refractivity (Wildman–Crippen MR) is 66.6 cm³/mol. The minimum absolute atomic E-state index is 0.198. The molecule has 2 aromatic heterocycles. The first kappa shape index (κ1) is 11.0. The monoisotopic (exact) mass is 267 g/mol. The van der Waals surface area contributed by atoms with Crippen LogP contribution in [0.3, 0.4) is 0 Å². The molecule has 1 aliphatic rings. The predicted octanol–water partition coefficient (Wildman–Crippen LogP) is 3.43. The van der Waals surface area contributed by atoms with Crippen molar-refractivity contribution in [2.24, 2.45) is 0 Å². The van der Waals surface area contributed by atoms with E-state index in [4.69, 9.17) is 16.3 Å². The number of hydrogen-bond acceptors (Lipinski definition) is 4. The third-order valence-electron chi connectivity index (χ3n) is 2.90. The van der Waals surface area contributed by atoms with Crippen LogP contribution in [0.4, 0.5) is 0 Å². The summed E-state index contributed by atoms with van der Waals surface area (Å²) in [5.74, 6) is 0.198. The molecule has 88 valence electrons. The van der Waals surface area contributed by atoms with Crippen molar-refractivity contribution in [3.63, 3.8) is 0 Å². The van der Waals surface area contributed by atoms with Gasteiger partial charge < -0.3 is 9.84 Å². The summed E-state index contributed by atoms with van der Waals surface area (Å²) in [6.07, 6.45) is -0.198. The van der Waals surface area contributed by atoms with E-state index in [0.29, 0.717) is 17.5 Å². The van der Waals surface area contributed by atoms with Gasteiger partial charge in [-0.15, -0.1) is 11.3 Å². The molecule has 1 atom stereocenters. The van der Waals surface area contributed by atoms with Crippen LogP contribution in [0.2, 0.25) is 5.15 Å². The van der Waals surface area contributed by atoms with Gasteiger partial charge in [-0.25, -0.2) is 4.98 Å². The van der Waals surface area contributed by atoms with E-state index < -0.39 is 0 Å². The molecule has 1 unspecified atom stereocenters. The van der Waals surface area contributed by atoms with Crippen molar-refractivity contribution in [1.82, 2.24) is 4.98 Å². The lowest BCUT2D eigenvalue weighted by Crippen LogP contribution is -1.99. The summed E-state index contributed by atoms with van der Waals surface area (Å²) >= 11 is 7.77. The van der Waals surface area contributed by atoms with Crippen LogP contribution in [0.5, 0.6) is 5.75 Å². The zero-order chi connectivity index (χ0) is 12.0. The largest absolute Gasteiger partial charge is 0.506 e. The molecule has 3 heterocycles. The van der Waals surface area contributed by atoms with Gasteiger partial charge in [0.2, 0.25) is 0 Å². The van der Waals surface area contributed by atoms with Gasteiger partial charge in [0.15, 0.2) is 0 Å². The Labute approximate surface area is 108 Å². The fourth-order valence-electron chi connectivity index (χ4n) is 2.06.